The first-order valence-corrected chi connectivity index (χ1v) is 13.2. The number of benzene rings is 2. The van der Waals surface area contributed by atoms with Gasteiger partial charge in [-0.15, -0.1) is 0 Å². The van der Waals surface area contributed by atoms with Crippen molar-refractivity contribution in [1.29, 1.82) is 0 Å². The van der Waals surface area contributed by atoms with Crippen molar-refractivity contribution < 1.29 is 17.9 Å². The topological polar surface area (TPSA) is 59.1 Å². The second kappa shape index (κ2) is 12.8. The highest BCUT2D eigenvalue weighted by Crippen LogP contribution is 2.36. The Hall–Kier alpha value is -3.29. The Morgan fingerprint density at radius 2 is 1.70 bits per heavy atom. The largest absolute Gasteiger partial charge is 0.490 e. The Balaban J connectivity index is 1.47. The van der Waals surface area contributed by atoms with Crippen LogP contribution in [0.25, 0.3) is 0 Å². The highest BCUT2D eigenvalue weighted by Gasteiger charge is 2.35. The molecule has 198 valence electrons. The number of anilines is 4. The molecule has 3 aromatic rings. The molecule has 0 unspecified atom stereocenters. The van der Waals surface area contributed by atoms with Gasteiger partial charge < -0.3 is 15.4 Å². The molecule has 1 aliphatic rings. The number of hydrogen-bond donors (Lipinski definition) is 2. The number of alkyl halides is 3. The third-order valence-corrected chi connectivity index (χ3v) is 6.57. The van der Waals surface area contributed by atoms with E-state index >= 15 is 0 Å². The summed E-state index contributed by atoms with van der Waals surface area (Å²) in [5.41, 5.74) is 1.48. The molecule has 1 saturated carbocycles. The Kier molecular flexibility index (Phi) is 9.25. The van der Waals surface area contributed by atoms with Crippen molar-refractivity contribution in [3.63, 3.8) is 0 Å². The minimum atomic E-state index is -4.60. The van der Waals surface area contributed by atoms with Crippen molar-refractivity contribution >= 4 is 23.1 Å². The quantitative estimate of drug-likeness (QED) is 0.251. The summed E-state index contributed by atoms with van der Waals surface area (Å²) in [6, 6.07) is 14.8. The molecular weight excluding hydrogens is 477 g/mol. The van der Waals surface area contributed by atoms with Crippen LogP contribution >= 0.6 is 0 Å². The molecule has 8 heteroatoms. The van der Waals surface area contributed by atoms with Crippen molar-refractivity contribution in [3.05, 3.63) is 65.9 Å². The maximum Gasteiger partial charge on any atom is 0.421 e. The van der Waals surface area contributed by atoms with E-state index in [0.29, 0.717) is 17.1 Å². The Bertz CT molecular complexity index is 1130. The summed E-state index contributed by atoms with van der Waals surface area (Å²) in [4.78, 5) is 8.10. The van der Waals surface area contributed by atoms with E-state index in [2.05, 4.69) is 27.5 Å². The zero-order chi connectivity index (χ0) is 26.1. The molecule has 4 rings (SSSR count). The van der Waals surface area contributed by atoms with Gasteiger partial charge in [-0.1, -0.05) is 50.8 Å². The molecule has 1 heterocycles. The van der Waals surface area contributed by atoms with Crippen molar-refractivity contribution in [2.75, 3.05) is 10.6 Å². The molecule has 0 amide bonds. The van der Waals surface area contributed by atoms with Crippen LogP contribution in [-0.4, -0.2) is 16.1 Å². The first kappa shape index (κ1) is 26.8. The molecule has 5 nitrogen and oxygen atoms in total. The van der Waals surface area contributed by atoms with Crippen LogP contribution in [0.1, 0.15) is 75.8 Å². The minimum absolute atomic E-state index is 0.0841. The number of nitrogens with zero attached hydrogens (tertiary/aromatic N) is 2. The fourth-order valence-electron chi connectivity index (χ4n) is 4.54. The van der Waals surface area contributed by atoms with Crippen LogP contribution in [0.4, 0.5) is 36.3 Å². The van der Waals surface area contributed by atoms with Gasteiger partial charge >= 0.3 is 6.18 Å². The van der Waals surface area contributed by atoms with Crippen LogP contribution in [0.5, 0.6) is 5.75 Å². The van der Waals surface area contributed by atoms with Crippen LogP contribution in [-0.2, 0) is 12.6 Å². The number of halogens is 3. The summed E-state index contributed by atoms with van der Waals surface area (Å²) in [5, 5.41) is 5.86. The normalized spacial score (nSPS) is 14.4. The molecule has 1 aromatic heterocycles. The SMILES string of the molecule is CCCCCCc1ccc(Nc2ncc(C(F)(F)F)c(Nc3cccc(OC4CCCCC4)c3)n2)cc1. The van der Waals surface area contributed by atoms with E-state index < -0.39 is 11.7 Å². The summed E-state index contributed by atoms with van der Waals surface area (Å²) in [7, 11) is 0. The van der Waals surface area contributed by atoms with Crippen LogP contribution in [0.3, 0.4) is 0 Å². The molecule has 2 aromatic carbocycles. The van der Waals surface area contributed by atoms with Crippen molar-refractivity contribution in [3.8, 4) is 5.75 Å². The van der Waals surface area contributed by atoms with Crippen LogP contribution in [0, 0.1) is 0 Å². The van der Waals surface area contributed by atoms with Gasteiger partial charge in [-0.2, -0.15) is 18.2 Å². The van der Waals surface area contributed by atoms with Crippen molar-refractivity contribution in [2.45, 2.75) is 83.4 Å². The molecule has 0 bridgehead atoms. The lowest BCUT2D eigenvalue weighted by Crippen LogP contribution is -2.19. The highest BCUT2D eigenvalue weighted by molar-refractivity contribution is 5.64. The van der Waals surface area contributed by atoms with E-state index in [1.54, 1.807) is 18.2 Å². The second-order valence-corrected chi connectivity index (χ2v) is 9.62. The third kappa shape index (κ3) is 8.10. The molecule has 0 radical (unpaired) electrons. The minimum Gasteiger partial charge on any atom is -0.490 e. The number of aryl methyl sites for hydroxylation is 1. The number of hydrogen-bond acceptors (Lipinski definition) is 5. The highest BCUT2D eigenvalue weighted by atomic mass is 19.4. The van der Waals surface area contributed by atoms with Gasteiger partial charge in [0.05, 0.1) is 6.10 Å². The predicted molar refractivity (Wildman–Crippen MR) is 142 cm³/mol. The summed E-state index contributed by atoms with van der Waals surface area (Å²) in [6.45, 7) is 2.19. The number of ether oxygens (including phenoxy) is 1. The number of nitrogens with one attached hydrogen (secondary N) is 2. The van der Waals surface area contributed by atoms with E-state index in [-0.39, 0.29) is 17.9 Å². The van der Waals surface area contributed by atoms with Crippen molar-refractivity contribution in [1.82, 2.24) is 9.97 Å². The summed E-state index contributed by atoms with van der Waals surface area (Å²) in [5.74, 6) is 0.404. The Morgan fingerprint density at radius 3 is 2.43 bits per heavy atom. The zero-order valence-electron chi connectivity index (χ0n) is 21.3. The average molecular weight is 513 g/mol. The molecule has 2 N–H and O–H groups in total. The molecule has 0 saturated heterocycles. The van der Waals surface area contributed by atoms with Gasteiger partial charge in [-0.05, 0) is 68.4 Å². The van der Waals surface area contributed by atoms with Gasteiger partial charge in [0.15, 0.2) is 0 Å². The Labute approximate surface area is 216 Å². The van der Waals surface area contributed by atoms with Gasteiger partial charge in [0.2, 0.25) is 5.95 Å². The lowest BCUT2D eigenvalue weighted by molar-refractivity contribution is -0.137. The van der Waals surface area contributed by atoms with E-state index in [1.165, 1.54) is 31.2 Å². The molecular formula is C29H35F3N4O. The second-order valence-electron chi connectivity index (χ2n) is 9.62. The maximum absolute atomic E-state index is 13.7. The number of unbranched alkanes of at least 4 members (excludes halogenated alkanes) is 3. The monoisotopic (exact) mass is 512 g/mol. The fourth-order valence-corrected chi connectivity index (χ4v) is 4.54. The van der Waals surface area contributed by atoms with Crippen LogP contribution in [0.15, 0.2) is 54.7 Å². The molecule has 0 spiro atoms. The molecule has 1 fully saturated rings. The van der Waals surface area contributed by atoms with Gasteiger partial charge in [0.1, 0.15) is 17.1 Å². The molecule has 1 aliphatic carbocycles. The van der Waals surface area contributed by atoms with E-state index in [9.17, 15) is 13.2 Å². The summed E-state index contributed by atoms with van der Waals surface area (Å²) in [6.07, 6.45) is 7.63. The van der Waals surface area contributed by atoms with Crippen molar-refractivity contribution in [2.24, 2.45) is 0 Å². The maximum atomic E-state index is 13.7. The average Bonchev–Trinajstić information content (AvgIpc) is 2.88. The van der Waals surface area contributed by atoms with E-state index in [0.717, 1.165) is 44.7 Å². The first-order valence-electron chi connectivity index (χ1n) is 13.2. The molecule has 37 heavy (non-hydrogen) atoms. The number of rotatable bonds is 11. The Morgan fingerprint density at radius 1 is 0.919 bits per heavy atom. The summed E-state index contributed by atoms with van der Waals surface area (Å²) >= 11 is 0. The van der Waals surface area contributed by atoms with E-state index in [4.69, 9.17) is 4.74 Å². The zero-order valence-corrected chi connectivity index (χ0v) is 21.3. The molecule has 0 aliphatic heterocycles. The fraction of sp³-hybridized carbons (Fsp3) is 0.448. The van der Waals surface area contributed by atoms with Gasteiger partial charge in [-0.25, -0.2) is 4.98 Å². The molecule has 0 atom stereocenters. The van der Waals surface area contributed by atoms with Crippen LogP contribution in [0.2, 0.25) is 0 Å². The summed E-state index contributed by atoms with van der Waals surface area (Å²) < 4.78 is 47.3. The predicted octanol–water partition coefficient (Wildman–Crippen LogP) is 8.82. The van der Waals surface area contributed by atoms with Crippen LogP contribution < -0.4 is 15.4 Å². The lowest BCUT2D eigenvalue weighted by Gasteiger charge is -2.23. The van der Waals surface area contributed by atoms with Gasteiger partial charge in [-0.3, -0.25) is 0 Å². The standard InChI is InChI=1S/C29H35F3N4O/c1-2-3-4-6-10-21-15-17-22(18-16-21)35-28-33-20-26(29(30,31)32)27(36-28)34-23-11-9-14-25(19-23)37-24-12-7-5-8-13-24/h9,11,14-20,24H,2-8,10,12-13H2,1H3,(H2,33,34,35,36). The smallest absolute Gasteiger partial charge is 0.421 e. The first-order chi connectivity index (χ1) is 17.9. The van der Waals surface area contributed by atoms with Gasteiger partial charge in [0.25, 0.3) is 0 Å². The number of aromatic nitrogens is 2. The van der Waals surface area contributed by atoms with E-state index in [1.807, 2.05) is 30.3 Å². The lowest BCUT2D eigenvalue weighted by atomic mass is 9.98. The van der Waals surface area contributed by atoms with Gasteiger partial charge in [0, 0.05) is 23.6 Å². The third-order valence-electron chi connectivity index (χ3n) is 6.57.